The molecule has 3 nitrogen and oxygen atoms in total. The van der Waals surface area contributed by atoms with Crippen molar-refractivity contribution in [1.82, 2.24) is 4.68 Å². The number of benzene rings is 2. The van der Waals surface area contributed by atoms with E-state index in [1.54, 1.807) is 17.4 Å². The molecule has 0 saturated heterocycles. The second kappa shape index (κ2) is 7.70. The molecule has 0 radical (unpaired) electrons. The average Bonchev–Trinajstić information content (AvgIpc) is 2.99. The molecule has 0 aliphatic rings. The molecule has 4 heteroatoms. The Kier molecular flexibility index (Phi) is 5.18. The zero-order chi connectivity index (χ0) is 16.8. The van der Waals surface area contributed by atoms with Crippen LogP contribution in [0.3, 0.4) is 0 Å². The number of rotatable bonds is 5. The topological polar surface area (TPSA) is 29.6 Å². The Hall–Kier alpha value is -2.72. The molecule has 0 aliphatic carbocycles. The number of aryl methyl sites for hydroxylation is 1. The van der Waals surface area contributed by atoms with Crippen molar-refractivity contribution in [2.75, 3.05) is 6.54 Å². The van der Waals surface area contributed by atoms with Gasteiger partial charge in [-0.05, 0) is 23.6 Å². The van der Waals surface area contributed by atoms with Crippen LogP contribution in [0.15, 0.2) is 82.7 Å². The van der Waals surface area contributed by atoms with E-state index in [0.717, 1.165) is 16.1 Å². The fourth-order valence-corrected chi connectivity index (χ4v) is 3.11. The Morgan fingerprint density at radius 2 is 1.75 bits per heavy atom. The second-order valence-electron chi connectivity index (χ2n) is 5.33. The van der Waals surface area contributed by atoms with Crippen LogP contribution in [0, 0.1) is 6.92 Å². The van der Waals surface area contributed by atoms with E-state index >= 15 is 0 Å². The lowest BCUT2D eigenvalue weighted by Crippen LogP contribution is -2.12. The van der Waals surface area contributed by atoms with Crippen molar-refractivity contribution in [2.45, 2.75) is 6.92 Å². The third-order valence-corrected chi connectivity index (χ3v) is 4.52. The molecular formula is C20H19N3S. The molecule has 0 fully saturated rings. The van der Waals surface area contributed by atoms with Crippen LogP contribution in [-0.2, 0) is 0 Å². The van der Waals surface area contributed by atoms with Gasteiger partial charge in [0.25, 0.3) is 0 Å². The maximum Gasteiger partial charge on any atom is 0.206 e. The number of thiazole rings is 1. The van der Waals surface area contributed by atoms with Gasteiger partial charge in [-0.2, -0.15) is 5.10 Å². The van der Waals surface area contributed by atoms with E-state index in [1.807, 2.05) is 23.9 Å². The molecule has 0 spiro atoms. The first kappa shape index (κ1) is 16.1. The van der Waals surface area contributed by atoms with Crippen LogP contribution in [0.4, 0.5) is 0 Å². The van der Waals surface area contributed by atoms with Crippen molar-refractivity contribution in [1.29, 1.82) is 0 Å². The summed E-state index contributed by atoms with van der Waals surface area (Å²) < 4.78 is 1.86. The van der Waals surface area contributed by atoms with Crippen LogP contribution < -0.4 is 4.80 Å². The molecule has 0 atom stereocenters. The minimum absolute atomic E-state index is 0.598. The lowest BCUT2D eigenvalue weighted by molar-refractivity contribution is 0.799. The lowest BCUT2D eigenvalue weighted by atomic mass is 10.0. The van der Waals surface area contributed by atoms with E-state index in [0.29, 0.717) is 6.54 Å². The van der Waals surface area contributed by atoms with Crippen molar-refractivity contribution in [3.8, 4) is 11.1 Å². The van der Waals surface area contributed by atoms with Crippen molar-refractivity contribution in [3.63, 3.8) is 0 Å². The Balaban J connectivity index is 1.83. The first-order chi connectivity index (χ1) is 11.8. The molecule has 1 aromatic heterocycles. The highest BCUT2D eigenvalue weighted by Gasteiger charge is 1.99. The van der Waals surface area contributed by atoms with Gasteiger partial charge in [-0.25, -0.2) is 4.68 Å². The average molecular weight is 333 g/mol. The highest BCUT2D eigenvalue weighted by Crippen LogP contribution is 2.18. The normalized spacial score (nSPS) is 12.0. The molecule has 1 heterocycles. The van der Waals surface area contributed by atoms with Crippen LogP contribution >= 0.6 is 11.3 Å². The van der Waals surface area contributed by atoms with E-state index in [2.05, 4.69) is 70.6 Å². The van der Waals surface area contributed by atoms with Gasteiger partial charge in [0.15, 0.2) is 0 Å². The van der Waals surface area contributed by atoms with Gasteiger partial charge in [-0.3, -0.25) is 4.99 Å². The quantitative estimate of drug-likeness (QED) is 0.486. The van der Waals surface area contributed by atoms with Crippen LogP contribution in [0.1, 0.15) is 11.3 Å². The van der Waals surface area contributed by atoms with Gasteiger partial charge in [0.2, 0.25) is 4.80 Å². The molecule has 0 aliphatic heterocycles. The zero-order valence-electron chi connectivity index (χ0n) is 13.6. The first-order valence-electron chi connectivity index (χ1n) is 7.76. The van der Waals surface area contributed by atoms with Crippen LogP contribution in [0.25, 0.3) is 11.1 Å². The third kappa shape index (κ3) is 3.78. The molecule has 0 N–H and O–H groups in total. The molecule has 0 unspecified atom stereocenters. The number of nitrogens with zero attached hydrogens (tertiary/aromatic N) is 3. The van der Waals surface area contributed by atoms with E-state index in [4.69, 9.17) is 0 Å². The fourth-order valence-electron chi connectivity index (χ4n) is 2.29. The zero-order valence-corrected chi connectivity index (χ0v) is 14.4. The van der Waals surface area contributed by atoms with E-state index < -0.39 is 0 Å². The summed E-state index contributed by atoms with van der Waals surface area (Å²) in [6.07, 6.45) is 3.65. The number of hydrogen-bond acceptors (Lipinski definition) is 3. The van der Waals surface area contributed by atoms with Gasteiger partial charge in [0.1, 0.15) is 0 Å². The van der Waals surface area contributed by atoms with Crippen molar-refractivity contribution >= 4 is 17.6 Å². The summed E-state index contributed by atoms with van der Waals surface area (Å²) in [5.41, 5.74) is 4.55. The van der Waals surface area contributed by atoms with Gasteiger partial charge in [0.05, 0.1) is 18.5 Å². The van der Waals surface area contributed by atoms with E-state index in [1.165, 1.54) is 11.1 Å². The molecule has 0 saturated carbocycles. The SMILES string of the molecule is C=CCN=c1scc(C)n1N=Cc1ccc(-c2ccccc2)cc1. The smallest absolute Gasteiger partial charge is 0.206 e. The number of hydrogen-bond donors (Lipinski definition) is 0. The summed E-state index contributed by atoms with van der Waals surface area (Å²) in [6, 6.07) is 18.7. The van der Waals surface area contributed by atoms with Crippen LogP contribution in [0.2, 0.25) is 0 Å². The molecule has 0 amide bonds. The largest absolute Gasteiger partial charge is 0.253 e. The minimum atomic E-state index is 0.598. The Morgan fingerprint density at radius 3 is 2.46 bits per heavy atom. The lowest BCUT2D eigenvalue weighted by Gasteiger charge is -2.02. The first-order valence-corrected chi connectivity index (χ1v) is 8.64. The Bertz CT molecular complexity index is 900. The Labute approximate surface area is 146 Å². The maximum atomic E-state index is 4.57. The molecule has 3 rings (SSSR count). The van der Waals surface area contributed by atoms with E-state index in [-0.39, 0.29) is 0 Å². The predicted octanol–water partition coefficient (Wildman–Crippen LogP) is 4.49. The van der Waals surface area contributed by atoms with Crippen LogP contribution in [0.5, 0.6) is 0 Å². The molecule has 3 aromatic rings. The highest BCUT2D eigenvalue weighted by atomic mass is 32.1. The Morgan fingerprint density at radius 1 is 1.04 bits per heavy atom. The summed E-state index contributed by atoms with van der Waals surface area (Å²) in [5, 5.41) is 6.62. The molecule has 0 bridgehead atoms. The van der Waals surface area contributed by atoms with Crippen LogP contribution in [-0.4, -0.2) is 17.4 Å². The maximum absolute atomic E-state index is 4.57. The van der Waals surface area contributed by atoms with Crippen molar-refractivity contribution in [3.05, 3.63) is 88.7 Å². The summed E-state index contributed by atoms with van der Waals surface area (Å²) >= 11 is 1.59. The summed E-state index contributed by atoms with van der Waals surface area (Å²) in [4.78, 5) is 5.34. The predicted molar refractivity (Wildman–Crippen MR) is 103 cm³/mol. The minimum Gasteiger partial charge on any atom is -0.253 e. The second-order valence-corrected chi connectivity index (χ2v) is 6.17. The molecular weight excluding hydrogens is 314 g/mol. The fraction of sp³-hybridized carbons (Fsp3) is 0.100. The van der Waals surface area contributed by atoms with Gasteiger partial charge < -0.3 is 0 Å². The molecule has 24 heavy (non-hydrogen) atoms. The van der Waals surface area contributed by atoms with Gasteiger partial charge in [0, 0.05) is 5.38 Å². The molecule has 2 aromatic carbocycles. The molecule has 120 valence electrons. The van der Waals surface area contributed by atoms with Crippen molar-refractivity contribution < 1.29 is 0 Å². The highest BCUT2D eigenvalue weighted by molar-refractivity contribution is 7.07. The summed E-state index contributed by atoms with van der Waals surface area (Å²) in [7, 11) is 0. The standard InChI is InChI=1S/C20H19N3S/c1-3-13-21-20-23(16(2)15-24-20)22-14-17-9-11-19(12-10-17)18-7-5-4-6-8-18/h3-12,14-15H,1,13H2,2H3. The van der Waals surface area contributed by atoms with Crippen molar-refractivity contribution in [2.24, 2.45) is 10.1 Å². The van der Waals surface area contributed by atoms with Gasteiger partial charge >= 0.3 is 0 Å². The monoisotopic (exact) mass is 333 g/mol. The third-order valence-electron chi connectivity index (χ3n) is 3.55. The van der Waals surface area contributed by atoms with Gasteiger partial charge in [-0.1, -0.05) is 60.7 Å². The number of aromatic nitrogens is 1. The van der Waals surface area contributed by atoms with Gasteiger partial charge in [-0.15, -0.1) is 17.9 Å². The summed E-state index contributed by atoms with van der Waals surface area (Å²) in [5.74, 6) is 0. The van der Waals surface area contributed by atoms with E-state index in [9.17, 15) is 0 Å². The summed E-state index contributed by atoms with van der Waals surface area (Å²) in [6.45, 7) is 6.33.